The van der Waals surface area contributed by atoms with Crippen molar-refractivity contribution < 1.29 is 14.3 Å². The molecule has 0 aromatic carbocycles. The van der Waals surface area contributed by atoms with Gasteiger partial charge in [-0.15, -0.1) is 11.3 Å². The molecule has 0 saturated heterocycles. The molecule has 0 aliphatic carbocycles. The molecule has 6 nitrogen and oxygen atoms in total. The zero-order chi connectivity index (χ0) is 16.9. The second kappa shape index (κ2) is 7.55. The maximum absolute atomic E-state index is 12.0. The monoisotopic (exact) mass is 345 g/mol. The highest BCUT2D eigenvalue weighted by Gasteiger charge is 2.13. The van der Waals surface area contributed by atoms with Gasteiger partial charge >= 0.3 is 5.97 Å². The third-order valence-corrected chi connectivity index (χ3v) is 4.51. The zero-order valence-corrected chi connectivity index (χ0v) is 14.5. The summed E-state index contributed by atoms with van der Waals surface area (Å²) in [6.07, 6.45) is 3.86. The van der Waals surface area contributed by atoms with Crippen LogP contribution in [0.1, 0.15) is 36.3 Å². The van der Waals surface area contributed by atoms with E-state index in [2.05, 4.69) is 9.97 Å². The Morgan fingerprint density at radius 3 is 3.00 bits per heavy atom. The first kappa shape index (κ1) is 16.6. The zero-order valence-electron chi connectivity index (χ0n) is 13.6. The summed E-state index contributed by atoms with van der Waals surface area (Å²) in [5.74, 6) is -0.312. The molecule has 7 heteroatoms. The van der Waals surface area contributed by atoms with Crippen molar-refractivity contribution in [1.82, 2.24) is 14.4 Å². The lowest BCUT2D eigenvalue weighted by Gasteiger charge is -2.06. The molecule has 3 heterocycles. The maximum atomic E-state index is 12.0. The molecule has 0 radical (unpaired) electrons. The summed E-state index contributed by atoms with van der Waals surface area (Å²) in [7, 11) is 0. The summed E-state index contributed by atoms with van der Waals surface area (Å²) in [4.78, 5) is 20.8. The summed E-state index contributed by atoms with van der Waals surface area (Å²) in [6, 6.07) is 5.75. The quantitative estimate of drug-likeness (QED) is 0.615. The fourth-order valence-corrected chi connectivity index (χ4v) is 3.14. The molecule has 126 valence electrons. The number of hydrogen-bond donors (Lipinski definition) is 0. The molecular formula is C17H19N3O3S. The van der Waals surface area contributed by atoms with E-state index < -0.39 is 0 Å². The number of nitrogens with zero attached hydrogens (tertiary/aromatic N) is 3. The Balaban J connectivity index is 1.54. The summed E-state index contributed by atoms with van der Waals surface area (Å²) in [5, 5.41) is 2.75. The van der Waals surface area contributed by atoms with Crippen molar-refractivity contribution in [3.05, 3.63) is 52.4 Å². The van der Waals surface area contributed by atoms with E-state index in [9.17, 15) is 4.79 Å². The van der Waals surface area contributed by atoms with Crippen LogP contribution in [0.25, 0.3) is 5.65 Å². The van der Waals surface area contributed by atoms with Crippen LogP contribution in [0.4, 0.5) is 0 Å². The van der Waals surface area contributed by atoms with Gasteiger partial charge in [-0.3, -0.25) is 4.79 Å². The van der Waals surface area contributed by atoms with Gasteiger partial charge in [0.15, 0.2) is 0 Å². The minimum Gasteiger partial charge on any atom is -0.459 e. The van der Waals surface area contributed by atoms with E-state index >= 15 is 0 Å². The number of carbonyl (C=O) groups is 1. The Bertz CT molecular complexity index is 794. The predicted octanol–water partition coefficient (Wildman–Crippen LogP) is 3.17. The molecule has 1 atom stereocenters. The highest BCUT2D eigenvalue weighted by molar-refractivity contribution is 7.09. The Morgan fingerprint density at radius 2 is 2.21 bits per heavy atom. The number of imidazole rings is 1. The van der Waals surface area contributed by atoms with Gasteiger partial charge in [0.2, 0.25) is 0 Å². The van der Waals surface area contributed by atoms with Crippen LogP contribution in [-0.4, -0.2) is 26.9 Å². The molecule has 3 aromatic heterocycles. The summed E-state index contributed by atoms with van der Waals surface area (Å²) < 4.78 is 12.7. The lowest BCUT2D eigenvalue weighted by Crippen LogP contribution is -2.09. The van der Waals surface area contributed by atoms with E-state index in [0.717, 1.165) is 16.3 Å². The largest absolute Gasteiger partial charge is 0.459 e. The predicted molar refractivity (Wildman–Crippen MR) is 90.8 cm³/mol. The second-order valence-corrected chi connectivity index (χ2v) is 6.20. The van der Waals surface area contributed by atoms with Crippen LogP contribution in [-0.2, 0) is 27.3 Å². The van der Waals surface area contributed by atoms with E-state index in [1.807, 2.05) is 54.2 Å². The average Bonchev–Trinajstić information content (AvgIpc) is 3.19. The SMILES string of the molecule is CCO[C@@H](C)c1nc(CC(=O)OCc2cn3ccccc3n2)cs1. The second-order valence-electron chi connectivity index (χ2n) is 5.31. The number of hydrogen-bond acceptors (Lipinski definition) is 6. The fraction of sp³-hybridized carbons (Fsp3) is 0.353. The Morgan fingerprint density at radius 1 is 1.33 bits per heavy atom. The van der Waals surface area contributed by atoms with Crippen molar-refractivity contribution in [2.75, 3.05) is 6.61 Å². The topological polar surface area (TPSA) is 65.7 Å². The van der Waals surface area contributed by atoms with E-state index in [1.165, 1.54) is 11.3 Å². The standard InChI is InChI=1S/C17H19N3O3S/c1-3-22-12(2)17-19-13(11-24-17)8-16(21)23-10-14-9-20-7-5-4-6-15(20)18-14/h4-7,9,11-12H,3,8,10H2,1-2H3/t12-/m0/s1. The van der Waals surface area contributed by atoms with E-state index in [4.69, 9.17) is 9.47 Å². The van der Waals surface area contributed by atoms with Gasteiger partial charge in [-0.25, -0.2) is 9.97 Å². The first-order chi connectivity index (χ1) is 11.7. The summed E-state index contributed by atoms with van der Waals surface area (Å²) in [5.41, 5.74) is 2.26. The number of aromatic nitrogens is 3. The molecule has 0 N–H and O–H groups in total. The van der Waals surface area contributed by atoms with Crippen LogP contribution in [0, 0.1) is 0 Å². The van der Waals surface area contributed by atoms with Crippen LogP contribution in [0.15, 0.2) is 36.0 Å². The lowest BCUT2D eigenvalue weighted by atomic mass is 10.3. The van der Waals surface area contributed by atoms with Crippen molar-refractivity contribution in [3.63, 3.8) is 0 Å². The van der Waals surface area contributed by atoms with Gasteiger partial charge in [-0.1, -0.05) is 6.07 Å². The number of ether oxygens (including phenoxy) is 2. The number of thiazole rings is 1. The molecule has 0 amide bonds. The Hall–Kier alpha value is -2.25. The van der Waals surface area contributed by atoms with Gasteiger partial charge in [0.1, 0.15) is 23.4 Å². The molecule has 0 fully saturated rings. The number of carbonyl (C=O) groups excluding carboxylic acids is 1. The molecule has 3 rings (SSSR count). The van der Waals surface area contributed by atoms with Crippen LogP contribution in [0.5, 0.6) is 0 Å². The lowest BCUT2D eigenvalue weighted by molar-refractivity contribution is -0.144. The third kappa shape index (κ3) is 3.98. The molecule has 0 spiro atoms. The van der Waals surface area contributed by atoms with Gasteiger partial charge in [-0.2, -0.15) is 0 Å². The van der Waals surface area contributed by atoms with Gasteiger partial charge in [0.25, 0.3) is 0 Å². The first-order valence-corrected chi connectivity index (χ1v) is 8.68. The number of pyridine rings is 1. The number of esters is 1. The van der Waals surface area contributed by atoms with Crippen molar-refractivity contribution in [2.24, 2.45) is 0 Å². The molecule has 0 saturated carbocycles. The van der Waals surface area contributed by atoms with Gasteiger partial charge < -0.3 is 13.9 Å². The molecule has 24 heavy (non-hydrogen) atoms. The minimum atomic E-state index is -0.312. The van der Waals surface area contributed by atoms with Gasteiger partial charge in [0.05, 0.1) is 17.8 Å². The van der Waals surface area contributed by atoms with Crippen LogP contribution in [0.2, 0.25) is 0 Å². The van der Waals surface area contributed by atoms with E-state index in [1.54, 1.807) is 0 Å². The Labute approximate surface area is 144 Å². The summed E-state index contributed by atoms with van der Waals surface area (Å²) >= 11 is 1.50. The van der Waals surface area contributed by atoms with Crippen LogP contribution in [0.3, 0.4) is 0 Å². The summed E-state index contributed by atoms with van der Waals surface area (Å²) in [6.45, 7) is 4.69. The van der Waals surface area contributed by atoms with E-state index in [-0.39, 0.29) is 25.1 Å². The highest BCUT2D eigenvalue weighted by Crippen LogP contribution is 2.21. The molecule has 0 aliphatic heterocycles. The van der Waals surface area contributed by atoms with Crippen LogP contribution >= 0.6 is 11.3 Å². The van der Waals surface area contributed by atoms with Gasteiger partial charge in [0, 0.05) is 24.4 Å². The maximum Gasteiger partial charge on any atom is 0.312 e. The number of fused-ring (bicyclic) bond motifs is 1. The first-order valence-electron chi connectivity index (χ1n) is 7.80. The highest BCUT2D eigenvalue weighted by atomic mass is 32.1. The normalized spacial score (nSPS) is 12.4. The number of rotatable bonds is 7. The smallest absolute Gasteiger partial charge is 0.312 e. The molecule has 0 unspecified atom stereocenters. The minimum absolute atomic E-state index is 0.0530. The third-order valence-electron chi connectivity index (χ3n) is 3.45. The average molecular weight is 345 g/mol. The molecular weight excluding hydrogens is 326 g/mol. The Kier molecular flexibility index (Phi) is 5.22. The molecule has 0 aliphatic rings. The van der Waals surface area contributed by atoms with Gasteiger partial charge in [-0.05, 0) is 26.0 Å². The fourth-order valence-electron chi connectivity index (χ4n) is 2.32. The molecule has 0 bridgehead atoms. The van der Waals surface area contributed by atoms with Crippen molar-refractivity contribution in [3.8, 4) is 0 Å². The molecule has 3 aromatic rings. The van der Waals surface area contributed by atoms with Crippen molar-refractivity contribution in [2.45, 2.75) is 33.0 Å². The van der Waals surface area contributed by atoms with Crippen molar-refractivity contribution in [1.29, 1.82) is 0 Å². The van der Waals surface area contributed by atoms with E-state index in [0.29, 0.717) is 12.3 Å². The van der Waals surface area contributed by atoms with Crippen LogP contribution < -0.4 is 0 Å². The van der Waals surface area contributed by atoms with Crippen molar-refractivity contribution >= 4 is 23.0 Å².